The highest BCUT2D eigenvalue weighted by molar-refractivity contribution is 4.94. The van der Waals surface area contributed by atoms with Gasteiger partial charge in [-0.2, -0.15) is 0 Å². The van der Waals surface area contributed by atoms with E-state index in [1.165, 1.54) is 38.5 Å². The molecule has 0 amide bonds. The Labute approximate surface area is 104 Å². The highest BCUT2D eigenvalue weighted by Gasteiger charge is 2.44. The minimum absolute atomic E-state index is 0.440. The van der Waals surface area contributed by atoms with Crippen LogP contribution < -0.4 is 0 Å². The van der Waals surface area contributed by atoms with E-state index in [4.69, 9.17) is 0 Å². The van der Waals surface area contributed by atoms with Gasteiger partial charge >= 0.3 is 0 Å². The second-order valence-corrected chi connectivity index (χ2v) is 6.42. The molecule has 0 fully saturated rings. The first kappa shape index (κ1) is 16.0. The van der Waals surface area contributed by atoms with Gasteiger partial charge in [0.25, 0.3) is 0 Å². The molecule has 0 radical (unpaired) electrons. The van der Waals surface area contributed by atoms with Gasteiger partial charge in [0.2, 0.25) is 0 Å². The summed E-state index contributed by atoms with van der Waals surface area (Å²) in [6, 6.07) is 0. The Morgan fingerprint density at radius 3 is 1.31 bits per heavy atom. The van der Waals surface area contributed by atoms with Gasteiger partial charge in [0, 0.05) is 0 Å². The van der Waals surface area contributed by atoms with Gasteiger partial charge in [0.15, 0.2) is 0 Å². The quantitative estimate of drug-likeness (QED) is 0.495. The van der Waals surface area contributed by atoms with Crippen LogP contribution in [-0.2, 0) is 0 Å². The predicted octanol–water partition coefficient (Wildman–Crippen LogP) is 6.06. The van der Waals surface area contributed by atoms with Gasteiger partial charge < -0.3 is 0 Å². The molecule has 0 N–H and O–H groups in total. The molecule has 0 saturated heterocycles. The Morgan fingerprint density at radius 2 is 1.12 bits per heavy atom. The third-order valence-corrected chi connectivity index (χ3v) is 4.65. The van der Waals surface area contributed by atoms with Crippen LogP contribution in [0.2, 0.25) is 0 Å². The summed E-state index contributed by atoms with van der Waals surface area (Å²) < 4.78 is 0. The van der Waals surface area contributed by atoms with E-state index < -0.39 is 0 Å². The van der Waals surface area contributed by atoms with Gasteiger partial charge in [-0.1, -0.05) is 74.1 Å². The van der Waals surface area contributed by atoms with Crippen LogP contribution in [0.15, 0.2) is 0 Å². The summed E-state index contributed by atoms with van der Waals surface area (Å²) in [5.74, 6) is 0.896. The summed E-state index contributed by atoms with van der Waals surface area (Å²) in [5.41, 5.74) is 0.996. The molecule has 0 heterocycles. The highest BCUT2D eigenvalue weighted by atomic mass is 14.5. The van der Waals surface area contributed by atoms with Crippen LogP contribution in [0.5, 0.6) is 0 Å². The van der Waals surface area contributed by atoms with Crippen molar-refractivity contribution in [1.82, 2.24) is 0 Å². The van der Waals surface area contributed by atoms with Crippen LogP contribution in [0.25, 0.3) is 0 Å². The van der Waals surface area contributed by atoms with Crippen molar-refractivity contribution in [2.75, 3.05) is 0 Å². The van der Waals surface area contributed by atoms with E-state index >= 15 is 0 Å². The molecule has 0 aromatic rings. The molecule has 0 aliphatic heterocycles. The smallest absolute Gasteiger partial charge is 0.0221 e. The minimum Gasteiger partial charge on any atom is -0.0654 e. The molecule has 0 aliphatic rings. The molecule has 0 unspecified atom stereocenters. The van der Waals surface area contributed by atoms with Crippen molar-refractivity contribution in [2.24, 2.45) is 16.7 Å². The van der Waals surface area contributed by atoms with Crippen molar-refractivity contribution in [3.63, 3.8) is 0 Å². The zero-order valence-corrected chi connectivity index (χ0v) is 12.8. The zero-order chi connectivity index (χ0) is 12.8. The first-order chi connectivity index (χ1) is 7.39. The Kier molecular flexibility index (Phi) is 6.67. The molecule has 98 valence electrons. The van der Waals surface area contributed by atoms with Crippen LogP contribution in [0.4, 0.5) is 0 Å². The summed E-state index contributed by atoms with van der Waals surface area (Å²) in [5, 5.41) is 0. The molecule has 0 heteroatoms. The summed E-state index contributed by atoms with van der Waals surface area (Å²) in [6.45, 7) is 16.8. The summed E-state index contributed by atoms with van der Waals surface area (Å²) in [4.78, 5) is 0. The topological polar surface area (TPSA) is 0 Å². The largest absolute Gasteiger partial charge is 0.0654 e. The molecule has 0 rings (SSSR count). The van der Waals surface area contributed by atoms with Gasteiger partial charge in [-0.25, -0.2) is 0 Å². The maximum absolute atomic E-state index is 2.46. The lowest BCUT2D eigenvalue weighted by molar-refractivity contribution is -0.0103. The zero-order valence-electron chi connectivity index (χ0n) is 12.8. The maximum Gasteiger partial charge on any atom is -0.0221 e. The molecule has 0 atom stereocenters. The van der Waals surface area contributed by atoms with Gasteiger partial charge in [-0.05, 0) is 29.6 Å². The van der Waals surface area contributed by atoms with Crippen molar-refractivity contribution in [1.29, 1.82) is 0 Å². The van der Waals surface area contributed by atoms with Crippen LogP contribution in [0.3, 0.4) is 0 Å². The molecule has 16 heavy (non-hydrogen) atoms. The fourth-order valence-corrected chi connectivity index (χ4v) is 3.86. The molecule has 0 aromatic heterocycles. The summed E-state index contributed by atoms with van der Waals surface area (Å²) in [7, 11) is 0. The molecule has 0 bridgehead atoms. The monoisotopic (exact) mass is 226 g/mol. The average Bonchev–Trinajstić information content (AvgIpc) is 2.18. The second-order valence-electron chi connectivity index (χ2n) is 6.42. The Balaban J connectivity index is 5.22. The Hall–Kier alpha value is 0. The van der Waals surface area contributed by atoms with E-state index in [9.17, 15) is 0 Å². The van der Waals surface area contributed by atoms with E-state index in [0.717, 1.165) is 5.92 Å². The molecule has 0 spiro atoms. The van der Waals surface area contributed by atoms with E-state index in [1.807, 2.05) is 0 Å². The van der Waals surface area contributed by atoms with Gasteiger partial charge in [-0.3, -0.25) is 0 Å². The molecule has 0 nitrogen and oxygen atoms in total. The third-order valence-electron chi connectivity index (χ3n) is 4.65. The van der Waals surface area contributed by atoms with Crippen molar-refractivity contribution < 1.29 is 0 Å². The normalized spacial score (nSPS) is 13.5. The molecular weight excluding hydrogens is 192 g/mol. The van der Waals surface area contributed by atoms with Crippen LogP contribution >= 0.6 is 0 Å². The minimum atomic E-state index is 0.440. The van der Waals surface area contributed by atoms with Gasteiger partial charge in [0.1, 0.15) is 0 Å². The average molecular weight is 226 g/mol. The lowest BCUT2D eigenvalue weighted by Crippen LogP contribution is -2.42. The van der Waals surface area contributed by atoms with Crippen molar-refractivity contribution in [3.05, 3.63) is 0 Å². The lowest BCUT2D eigenvalue weighted by atomic mass is 9.54. The number of hydrogen-bond acceptors (Lipinski definition) is 0. The van der Waals surface area contributed by atoms with E-state index in [2.05, 4.69) is 48.5 Å². The highest BCUT2D eigenvalue weighted by Crippen LogP contribution is 2.53. The summed E-state index contributed by atoms with van der Waals surface area (Å²) >= 11 is 0. The predicted molar refractivity (Wildman–Crippen MR) is 75.8 cm³/mol. The van der Waals surface area contributed by atoms with E-state index in [1.54, 1.807) is 0 Å². The van der Waals surface area contributed by atoms with E-state index in [-0.39, 0.29) is 0 Å². The first-order valence-electron chi connectivity index (χ1n) is 7.39. The van der Waals surface area contributed by atoms with Crippen LogP contribution in [-0.4, -0.2) is 0 Å². The Bertz CT molecular complexity index is 163. The van der Waals surface area contributed by atoms with Gasteiger partial charge in [0.05, 0.1) is 0 Å². The Morgan fingerprint density at radius 1 is 0.750 bits per heavy atom. The molecule has 0 saturated carbocycles. The first-order valence-corrected chi connectivity index (χ1v) is 7.39. The van der Waals surface area contributed by atoms with Crippen molar-refractivity contribution >= 4 is 0 Å². The standard InChI is InChI=1S/C16H34/c1-8-12-16(13-9-2,15(5,6)7)14(10-3)11-4/h14H,8-13H2,1-7H3. The second kappa shape index (κ2) is 6.67. The maximum atomic E-state index is 2.46. The molecule has 0 aromatic carbocycles. The fraction of sp³-hybridized carbons (Fsp3) is 1.00. The molecular formula is C16H34. The van der Waals surface area contributed by atoms with Crippen LogP contribution in [0, 0.1) is 16.7 Å². The SMILES string of the molecule is CCCC(CCC)(C(CC)CC)C(C)(C)C. The van der Waals surface area contributed by atoms with Gasteiger partial charge in [-0.15, -0.1) is 0 Å². The third kappa shape index (κ3) is 3.25. The summed E-state index contributed by atoms with van der Waals surface area (Å²) in [6.07, 6.45) is 8.14. The fourth-order valence-electron chi connectivity index (χ4n) is 3.86. The van der Waals surface area contributed by atoms with Crippen molar-refractivity contribution in [2.45, 2.75) is 87.0 Å². The van der Waals surface area contributed by atoms with E-state index in [0.29, 0.717) is 10.8 Å². The van der Waals surface area contributed by atoms with Crippen molar-refractivity contribution in [3.8, 4) is 0 Å². The number of hydrogen-bond donors (Lipinski definition) is 0. The number of rotatable bonds is 7. The lowest BCUT2D eigenvalue weighted by Gasteiger charge is -2.51. The van der Waals surface area contributed by atoms with Crippen LogP contribution in [0.1, 0.15) is 87.0 Å². The molecule has 0 aliphatic carbocycles.